The van der Waals surface area contributed by atoms with Crippen LogP contribution in [0.25, 0.3) is 0 Å². The Hall–Kier alpha value is -2.99. The normalized spacial score (nSPS) is 22.4. The Morgan fingerprint density at radius 3 is 2.69 bits per heavy atom. The van der Waals surface area contributed by atoms with Crippen LogP contribution in [0.4, 0.5) is 20.4 Å². The summed E-state index contributed by atoms with van der Waals surface area (Å²) in [6.45, 7) is 2.67. The number of nitriles is 1. The highest BCUT2D eigenvalue weighted by molar-refractivity contribution is 5.62. The molecule has 2 saturated heterocycles. The minimum absolute atomic E-state index is 0.0730. The lowest BCUT2D eigenvalue weighted by Gasteiger charge is -2.34. The van der Waals surface area contributed by atoms with Gasteiger partial charge in [0.05, 0.1) is 30.6 Å². The van der Waals surface area contributed by atoms with Gasteiger partial charge in [0, 0.05) is 38.6 Å². The third-order valence-corrected chi connectivity index (χ3v) is 6.41. The van der Waals surface area contributed by atoms with Crippen LogP contribution in [0.5, 0.6) is 5.75 Å². The molecule has 168 valence electrons. The molecular formula is C23H25F2N5O2. The van der Waals surface area contributed by atoms with Gasteiger partial charge in [-0.15, -0.1) is 0 Å². The molecule has 1 aliphatic carbocycles. The summed E-state index contributed by atoms with van der Waals surface area (Å²) in [4.78, 5) is 11.7. The second kappa shape index (κ2) is 8.51. The number of halogens is 2. The molecule has 0 unspecified atom stereocenters. The fraction of sp³-hybridized carbons (Fsp3) is 0.522. The molecule has 3 aliphatic rings. The average Bonchev–Trinajstić information content (AvgIpc) is 3.44. The van der Waals surface area contributed by atoms with Crippen molar-refractivity contribution in [2.75, 3.05) is 36.5 Å². The Balaban J connectivity index is 1.30. The highest BCUT2D eigenvalue weighted by Gasteiger charge is 2.47. The van der Waals surface area contributed by atoms with Crippen LogP contribution in [0.1, 0.15) is 37.8 Å². The van der Waals surface area contributed by atoms with Crippen molar-refractivity contribution in [1.82, 2.24) is 9.97 Å². The van der Waals surface area contributed by atoms with E-state index in [0.29, 0.717) is 45.0 Å². The third kappa shape index (κ3) is 4.19. The molecule has 1 saturated carbocycles. The summed E-state index contributed by atoms with van der Waals surface area (Å²) in [5, 5.41) is 13.0. The topological polar surface area (TPSA) is 83.3 Å². The maximum absolute atomic E-state index is 13.9. The highest BCUT2D eigenvalue weighted by Crippen LogP contribution is 2.47. The monoisotopic (exact) mass is 441 g/mol. The third-order valence-electron chi connectivity index (χ3n) is 6.41. The van der Waals surface area contributed by atoms with Crippen LogP contribution >= 0.6 is 0 Å². The lowest BCUT2D eigenvalue weighted by Crippen LogP contribution is -2.39. The smallest absolute Gasteiger partial charge is 0.171 e. The molecular weight excluding hydrogens is 416 g/mol. The van der Waals surface area contributed by atoms with Gasteiger partial charge < -0.3 is 19.7 Å². The molecule has 3 heterocycles. The van der Waals surface area contributed by atoms with E-state index in [1.165, 1.54) is 12.1 Å². The number of hydrogen-bond donors (Lipinski definition) is 1. The molecule has 32 heavy (non-hydrogen) atoms. The van der Waals surface area contributed by atoms with Crippen molar-refractivity contribution in [2.24, 2.45) is 0 Å². The summed E-state index contributed by atoms with van der Waals surface area (Å²) in [5.41, 5.74) is 0.212. The molecule has 2 aliphatic heterocycles. The van der Waals surface area contributed by atoms with Crippen LogP contribution in [0.3, 0.4) is 0 Å². The van der Waals surface area contributed by atoms with Gasteiger partial charge in [-0.2, -0.15) is 5.26 Å². The number of nitrogens with one attached hydrogen (secondary N) is 1. The van der Waals surface area contributed by atoms with Gasteiger partial charge in [0.15, 0.2) is 23.2 Å². The zero-order chi connectivity index (χ0) is 22.1. The van der Waals surface area contributed by atoms with Gasteiger partial charge in [-0.1, -0.05) is 0 Å². The van der Waals surface area contributed by atoms with Gasteiger partial charge in [-0.05, 0) is 31.4 Å². The van der Waals surface area contributed by atoms with Gasteiger partial charge >= 0.3 is 0 Å². The van der Waals surface area contributed by atoms with E-state index >= 15 is 0 Å². The summed E-state index contributed by atoms with van der Waals surface area (Å²) in [6, 6.07) is 5.91. The van der Waals surface area contributed by atoms with Gasteiger partial charge in [-0.25, -0.2) is 18.7 Å². The molecule has 0 amide bonds. The molecule has 1 aromatic heterocycles. The highest BCUT2D eigenvalue weighted by atomic mass is 19.1. The molecule has 0 bridgehead atoms. The Bertz CT molecular complexity index is 1030. The van der Waals surface area contributed by atoms with Crippen molar-refractivity contribution in [3.8, 4) is 11.8 Å². The second-order valence-corrected chi connectivity index (χ2v) is 8.71. The number of ether oxygens (including phenoxy) is 2. The van der Waals surface area contributed by atoms with Crippen molar-refractivity contribution in [1.29, 1.82) is 5.26 Å². The minimum Gasteiger partial charge on any atom is -0.487 e. The van der Waals surface area contributed by atoms with E-state index in [4.69, 9.17) is 19.4 Å². The van der Waals surface area contributed by atoms with E-state index in [2.05, 4.69) is 16.3 Å². The van der Waals surface area contributed by atoms with Crippen LogP contribution in [0, 0.1) is 23.0 Å². The molecule has 0 spiro atoms. The van der Waals surface area contributed by atoms with Crippen molar-refractivity contribution in [3.63, 3.8) is 0 Å². The van der Waals surface area contributed by atoms with Crippen molar-refractivity contribution in [3.05, 3.63) is 41.7 Å². The van der Waals surface area contributed by atoms with E-state index in [-0.39, 0.29) is 17.9 Å². The molecule has 3 fully saturated rings. The first-order valence-corrected chi connectivity index (χ1v) is 11.1. The van der Waals surface area contributed by atoms with E-state index in [1.807, 2.05) is 0 Å². The Kier molecular flexibility index (Phi) is 5.55. The lowest BCUT2D eigenvalue weighted by molar-refractivity contribution is 0.163. The van der Waals surface area contributed by atoms with Crippen LogP contribution in [-0.2, 0) is 10.2 Å². The number of anilines is 2. The van der Waals surface area contributed by atoms with Crippen LogP contribution in [0.2, 0.25) is 0 Å². The van der Waals surface area contributed by atoms with Gasteiger partial charge in [-0.3, -0.25) is 0 Å². The molecule has 1 aromatic carbocycles. The first kappa shape index (κ1) is 20.9. The maximum Gasteiger partial charge on any atom is 0.171 e. The van der Waals surface area contributed by atoms with E-state index in [9.17, 15) is 14.0 Å². The Morgan fingerprint density at radius 2 is 2.03 bits per heavy atom. The van der Waals surface area contributed by atoms with Crippen LogP contribution in [-0.4, -0.2) is 48.4 Å². The summed E-state index contributed by atoms with van der Waals surface area (Å²) >= 11 is 0. The fourth-order valence-electron chi connectivity index (χ4n) is 4.27. The number of rotatable bonds is 6. The molecule has 7 nitrogen and oxygen atoms in total. The second-order valence-electron chi connectivity index (χ2n) is 8.71. The van der Waals surface area contributed by atoms with E-state index in [1.54, 1.807) is 6.20 Å². The SMILES string of the molecule is N#CC1(c2cnc(N3CCC(Oc4ccc(F)cc4F)CC3)c(N[C@@H]3CCOC3)n2)CC1. The number of benzene rings is 1. The van der Waals surface area contributed by atoms with Crippen molar-refractivity contribution in [2.45, 2.75) is 49.7 Å². The number of hydrogen-bond acceptors (Lipinski definition) is 7. The summed E-state index contributed by atoms with van der Waals surface area (Å²) in [7, 11) is 0. The summed E-state index contributed by atoms with van der Waals surface area (Å²) < 4.78 is 38.3. The first-order valence-electron chi connectivity index (χ1n) is 11.1. The Labute approximate surface area is 185 Å². The predicted octanol–water partition coefficient (Wildman–Crippen LogP) is 3.56. The zero-order valence-electron chi connectivity index (χ0n) is 17.7. The molecule has 0 radical (unpaired) electrons. The molecule has 2 aromatic rings. The van der Waals surface area contributed by atoms with Crippen molar-refractivity contribution < 1.29 is 18.3 Å². The summed E-state index contributed by atoms with van der Waals surface area (Å²) in [6.07, 6.45) is 5.43. The Morgan fingerprint density at radius 1 is 1.22 bits per heavy atom. The standard InChI is InChI=1S/C23H25F2N5O2/c24-15-1-2-19(18(25)11-15)32-17-3-8-30(9-4-17)22-21(28-16-5-10-31-13-16)29-20(12-27-22)23(14-26)6-7-23/h1-2,11-12,16-17H,3-10,13H2,(H,28,29)/t16-/m1/s1. The van der Waals surface area contributed by atoms with Crippen LogP contribution in [0.15, 0.2) is 24.4 Å². The molecule has 1 atom stereocenters. The minimum atomic E-state index is -0.689. The number of piperidine rings is 1. The summed E-state index contributed by atoms with van der Waals surface area (Å²) in [5.74, 6) is 0.197. The number of aromatic nitrogens is 2. The van der Waals surface area contributed by atoms with Crippen LogP contribution < -0.4 is 15.0 Å². The average molecular weight is 441 g/mol. The van der Waals surface area contributed by atoms with Crippen molar-refractivity contribution >= 4 is 11.6 Å². The quantitative estimate of drug-likeness (QED) is 0.734. The molecule has 1 N–H and O–H groups in total. The maximum atomic E-state index is 13.9. The first-order chi connectivity index (χ1) is 15.6. The number of nitrogens with zero attached hydrogens (tertiary/aromatic N) is 4. The van der Waals surface area contributed by atoms with Gasteiger partial charge in [0.1, 0.15) is 17.3 Å². The predicted molar refractivity (Wildman–Crippen MR) is 114 cm³/mol. The van der Waals surface area contributed by atoms with E-state index in [0.717, 1.165) is 36.8 Å². The van der Waals surface area contributed by atoms with Gasteiger partial charge in [0.25, 0.3) is 0 Å². The fourth-order valence-corrected chi connectivity index (χ4v) is 4.27. The van der Waals surface area contributed by atoms with E-state index < -0.39 is 17.0 Å². The molecule has 9 heteroatoms. The lowest BCUT2D eigenvalue weighted by atomic mass is 10.1. The zero-order valence-corrected chi connectivity index (χ0v) is 17.7. The largest absolute Gasteiger partial charge is 0.487 e. The molecule has 5 rings (SSSR count). The van der Waals surface area contributed by atoms with Gasteiger partial charge in [0.2, 0.25) is 0 Å².